The summed E-state index contributed by atoms with van der Waals surface area (Å²) in [7, 11) is 0. The molecule has 1 saturated heterocycles. The smallest absolute Gasteiger partial charge is 0.318 e. The zero-order valence-corrected chi connectivity index (χ0v) is 11.1. The summed E-state index contributed by atoms with van der Waals surface area (Å²) < 4.78 is 10.00. The minimum Gasteiger partial charge on any atom is -0.431 e. The van der Waals surface area contributed by atoms with Crippen molar-refractivity contribution in [2.24, 2.45) is 29.1 Å². The summed E-state index contributed by atoms with van der Waals surface area (Å²) in [5.74, 6) is -2.01. The number of fused-ring (bicyclic) bond motifs is 1. The number of esters is 3. The van der Waals surface area contributed by atoms with Crippen LogP contribution in [0.25, 0.3) is 0 Å². The van der Waals surface area contributed by atoms with Gasteiger partial charge in [-0.2, -0.15) is 0 Å². The van der Waals surface area contributed by atoms with Crippen molar-refractivity contribution < 1.29 is 23.9 Å². The van der Waals surface area contributed by atoms with Crippen LogP contribution in [-0.2, 0) is 23.9 Å². The zero-order valence-electron chi connectivity index (χ0n) is 11.1. The normalized spacial score (nSPS) is 38.6. The standard InChI is InChI=1S/C14H16O5/c1-6(15)18-9-4-8-11-10(12(16)19-13(11)17)7(9)5-14(8,2)3/h4,7-8,10-11H,5H2,1-3H3. The number of allylic oxidation sites excluding steroid dienone is 2. The molecule has 19 heavy (non-hydrogen) atoms. The third-order valence-corrected chi connectivity index (χ3v) is 4.57. The highest BCUT2D eigenvalue weighted by atomic mass is 16.6. The minimum absolute atomic E-state index is 0.0981. The molecule has 0 amide bonds. The second-order valence-electron chi connectivity index (χ2n) is 6.28. The maximum Gasteiger partial charge on any atom is 0.318 e. The van der Waals surface area contributed by atoms with E-state index in [-0.39, 0.29) is 17.3 Å². The molecule has 0 radical (unpaired) electrons. The van der Waals surface area contributed by atoms with E-state index in [4.69, 9.17) is 9.47 Å². The zero-order chi connectivity index (χ0) is 13.9. The molecule has 4 unspecified atom stereocenters. The molecule has 102 valence electrons. The fourth-order valence-electron chi connectivity index (χ4n) is 3.81. The lowest BCUT2D eigenvalue weighted by Crippen LogP contribution is -2.50. The average molecular weight is 264 g/mol. The molecule has 2 bridgehead atoms. The molecule has 0 aromatic heterocycles. The number of ether oxygens (including phenoxy) is 2. The van der Waals surface area contributed by atoms with Gasteiger partial charge in [-0.3, -0.25) is 14.4 Å². The van der Waals surface area contributed by atoms with E-state index in [1.165, 1.54) is 6.92 Å². The topological polar surface area (TPSA) is 69.7 Å². The molecule has 2 fully saturated rings. The first-order valence-corrected chi connectivity index (χ1v) is 6.47. The Morgan fingerprint density at radius 3 is 2.58 bits per heavy atom. The maximum absolute atomic E-state index is 11.8. The Hall–Kier alpha value is -1.65. The molecular weight excluding hydrogens is 248 g/mol. The second-order valence-corrected chi connectivity index (χ2v) is 6.28. The van der Waals surface area contributed by atoms with Gasteiger partial charge in [-0.1, -0.05) is 13.8 Å². The minimum atomic E-state index is -0.482. The molecule has 0 N–H and O–H groups in total. The summed E-state index contributed by atoms with van der Waals surface area (Å²) in [6, 6.07) is 0. The first kappa shape index (κ1) is 12.4. The highest BCUT2D eigenvalue weighted by Gasteiger charge is 2.62. The van der Waals surface area contributed by atoms with Gasteiger partial charge in [-0.15, -0.1) is 0 Å². The summed E-state index contributed by atoms with van der Waals surface area (Å²) in [5, 5.41) is 0. The van der Waals surface area contributed by atoms with Crippen molar-refractivity contribution in [1.82, 2.24) is 0 Å². The van der Waals surface area contributed by atoms with Gasteiger partial charge >= 0.3 is 17.9 Å². The Balaban J connectivity index is 2.05. The number of hydrogen-bond acceptors (Lipinski definition) is 5. The van der Waals surface area contributed by atoms with Gasteiger partial charge in [0.15, 0.2) is 0 Å². The summed E-state index contributed by atoms with van der Waals surface area (Å²) in [5.41, 5.74) is -0.0981. The first-order chi connectivity index (χ1) is 8.81. The first-order valence-electron chi connectivity index (χ1n) is 6.47. The van der Waals surface area contributed by atoms with Gasteiger partial charge in [-0.25, -0.2) is 0 Å². The third-order valence-electron chi connectivity index (χ3n) is 4.57. The molecule has 5 nitrogen and oxygen atoms in total. The molecule has 0 spiro atoms. The van der Waals surface area contributed by atoms with Gasteiger partial charge < -0.3 is 9.47 Å². The van der Waals surface area contributed by atoms with E-state index < -0.39 is 29.7 Å². The van der Waals surface area contributed by atoms with E-state index in [2.05, 4.69) is 13.8 Å². The molecule has 0 aromatic rings. The van der Waals surface area contributed by atoms with Crippen LogP contribution in [-0.4, -0.2) is 17.9 Å². The van der Waals surface area contributed by atoms with Gasteiger partial charge in [0.25, 0.3) is 0 Å². The van der Waals surface area contributed by atoms with Crippen LogP contribution in [0.15, 0.2) is 11.8 Å². The molecule has 4 rings (SSSR count). The molecule has 5 heteroatoms. The van der Waals surface area contributed by atoms with Gasteiger partial charge in [0.2, 0.25) is 0 Å². The van der Waals surface area contributed by atoms with E-state index in [9.17, 15) is 14.4 Å². The summed E-state index contributed by atoms with van der Waals surface area (Å²) in [6.45, 7) is 5.47. The Bertz CT molecular complexity index is 516. The van der Waals surface area contributed by atoms with Crippen molar-refractivity contribution >= 4 is 17.9 Å². The molecule has 3 aliphatic carbocycles. The van der Waals surface area contributed by atoms with Crippen molar-refractivity contribution in [1.29, 1.82) is 0 Å². The predicted molar refractivity (Wildman–Crippen MR) is 63.3 cm³/mol. The van der Waals surface area contributed by atoms with E-state index in [0.29, 0.717) is 5.76 Å². The molecule has 1 heterocycles. The van der Waals surface area contributed by atoms with Gasteiger partial charge in [-0.05, 0) is 23.8 Å². The van der Waals surface area contributed by atoms with Crippen LogP contribution in [0.5, 0.6) is 0 Å². The lowest BCUT2D eigenvalue weighted by molar-refractivity contribution is -0.154. The second kappa shape index (κ2) is 3.68. The molecular formula is C14H16O5. The highest BCUT2D eigenvalue weighted by Crippen LogP contribution is 2.59. The Kier molecular flexibility index (Phi) is 2.40. The lowest BCUT2D eigenvalue weighted by atomic mass is 9.52. The average Bonchev–Trinajstić information content (AvgIpc) is 2.56. The quantitative estimate of drug-likeness (QED) is 0.529. The van der Waals surface area contributed by atoms with Crippen LogP contribution < -0.4 is 0 Å². The SMILES string of the molecule is CC(=O)OC1=CC2C3C(=O)OC(=O)C3C1CC2(C)C. The van der Waals surface area contributed by atoms with Crippen LogP contribution in [0.2, 0.25) is 0 Å². The number of rotatable bonds is 1. The number of hydrogen-bond donors (Lipinski definition) is 0. The van der Waals surface area contributed by atoms with Crippen molar-refractivity contribution in [2.45, 2.75) is 27.2 Å². The van der Waals surface area contributed by atoms with Crippen LogP contribution in [0.1, 0.15) is 27.2 Å². The van der Waals surface area contributed by atoms with Crippen molar-refractivity contribution in [3.8, 4) is 0 Å². The van der Waals surface area contributed by atoms with E-state index >= 15 is 0 Å². The number of carbonyl (C=O) groups excluding carboxylic acids is 3. The van der Waals surface area contributed by atoms with Crippen molar-refractivity contribution in [3.63, 3.8) is 0 Å². The van der Waals surface area contributed by atoms with Gasteiger partial charge in [0, 0.05) is 12.8 Å². The molecule has 1 saturated carbocycles. The summed E-state index contributed by atoms with van der Waals surface area (Å²) in [6.07, 6.45) is 2.57. The van der Waals surface area contributed by atoms with E-state index in [1.807, 2.05) is 6.08 Å². The van der Waals surface area contributed by atoms with Crippen LogP contribution >= 0.6 is 0 Å². The largest absolute Gasteiger partial charge is 0.431 e. The van der Waals surface area contributed by atoms with Gasteiger partial charge in [0.1, 0.15) is 5.76 Å². The van der Waals surface area contributed by atoms with E-state index in [0.717, 1.165) is 6.42 Å². The molecule has 4 atom stereocenters. The predicted octanol–water partition coefficient (Wildman–Crippen LogP) is 1.43. The monoisotopic (exact) mass is 264 g/mol. The lowest BCUT2D eigenvalue weighted by Gasteiger charge is -2.50. The highest BCUT2D eigenvalue weighted by molar-refractivity contribution is 5.97. The Morgan fingerprint density at radius 2 is 1.95 bits per heavy atom. The Morgan fingerprint density at radius 1 is 1.32 bits per heavy atom. The number of carbonyl (C=O) groups is 3. The molecule has 0 aromatic carbocycles. The van der Waals surface area contributed by atoms with Gasteiger partial charge in [0.05, 0.1) is 11.8 Å². The fourth-order valence-corrected chi connectivity index (χ4v) is 3.81. The number of cyclic esters (lactones) is 2. The van der Waals surface area contributed by atoms with Crippen molar-refractivity contribution in [3.05, 3.63) is 11.8 Å². The summed E-state index contributed by atoms with van der Waals surface area (Å²) in [4.78, 5) is 34.8. The van der Waals surface area contributed by atoms with Crippen molar-refractivity contribution in [2.75, 3.05) is 0 Å². The Labute approximate surface area is 110 Å². The maximum atomic E-state index is 11.8. The van der Waals surface area contributed by atoms with Crippen LogP contribution in [0.4, 0.5) is 0 Å². The summed E-state index contributed by atoms with van der Waals surface area (Å²) >= 11 is 0. The molecule has 1 aliphatic heterocycles. The third kappa shape index (κ3) is 1.64. The van der Waals surface area contributed by atoms with Crippen LogP contribution in [0.3, 0.4) is 0 Å². The van der Waals surface area contributed by atoms with E-state index in [1.54, 1.807) is 0 Å². The fraction of sp³-hybridized carbons (Fsp3) is 0.643. The molecule has 4 aliphatic rings. The van der Waals surface area contributed by atoms with Crippen LogP contribution in [0, 0.1) is 29.1 Å².